The molecule has 0 atom stereocenters. The van der Waals surface area contributed by atoms with Crippen molar-refractivity contribution in [2.24, 2.45) is 0 Å². The fourth-order valence-corrected chi connectivity index (χ4v) is 1.47. The highest BCUT2D eigenvalue weighted by molar-refractivity contribution is 5.56. The summed E-state index contributed by atoms with van der Waals surface area (Å²) in [5.74, 6) is 1.25. The van der Waals surface area contributed by atoms with Gasteiger partial charge in [0, 0.05) is 5.56 Å². The van der Waals surface area contributed by atoms with Crippen LogP contribution in [0.2, 0.25) is 0 Å². The average Bonchev–Trinajstić information content (AvgIpc) is 2.48. The zero-order valence-electron chi connectivity index (χ0n) is 10.6. The first-order chi connectivity index (χ1) is 9.33. The number of hydrogen-bond donors (Lipinski definition) is 0. The second kappa shape index (κ2) is 6.31. The molecule has 4 nitrogen and oxygen atoms in total. The molecule has 0 fully saturated rings. The second-order valence-electron chi connectivity index (χ2n) is 3.81. The molecule has 0 radical (unpaired) electrons. The van der Waals surface area contributed by atoms with Gasteiger partial charge in [0.2, 0.25) is 0 Å². The molecule has 1 aromatic carbocycles. The standard InChI is InChI=1S/C15H13N3O/c1-2-3-8-19-14-10-17-15(18-11-14)13-6-4-12(9-16)5-7-13/h2-7,10-11H,8H2,1H3/b3-2+. The van der Waals surface area contributed by atoms with Gasteiger partial charge in [-0.3, -0.25) is 0 Å². The van der Waals surface area contributed by atoms with E-state index in [1.54, 1.807) is 24.5 Å². The van der Waals surface area contributed by atoms with Gasteiger partial charge in [0.15, 0.2) is 11.6 Å². The third kappa shape index (κ3) is 3.39. The summed E-state index contributed by atoms with van der Waals surface area (Å²) in [4.78, 5) is 8.48. The van der Waals surface area contributed by atoms with Crippen LogP contribution in [0.3, 0.4) is 0 Å². The highest BCUT2D eigenvalue weighted by Crippen LogP contribution is 2.17. The lowest BCUT2D eigenvalue weighted by molar-refractivity contribution is 0.359. The van der Waals surface area contributed by atoms with Crippen molar-refractivity contribution in [3.05, 3.63) is 54.4 Å². The number of nitrogens with zero attached hydrogens (tertiary/aromatic N) is 3. The van der Waals surface area contributed by atoms with Gasteiger partial charge in [0.05, 0.1) is 24.0 Å². The third-order valence-electron chi connectivity index (χ3n) is 2.48. The first-order valence-corrected chi connectivity index (χ1v) is 5.90. The first-order valence-electron chi connectivity index (χ1n) is 5.90. The van der Waals surface area contributed by atoms with Gasteiger partial charge in [-0.2, -0.15) is 5.26 Å². The van der Waals surface area contributed by atoms with Gasteiger partial charge in [-0.25, -0.2) is 9.97 Å². The van der Waals surface area contributed by atoms with Crippen LogP contribution in [0, 0.1) is 11.3 Å². The largest absolute Gasteiger partial charge is 0.486 e. The number of rotatable bonds is 4. The summed E-state index contributed by atoms with van der Waals surface area (Å²) in [6, 6.07) is 9.22. The number of ether oxygens (including phenoxy) is 1. The molecule has 0 aliphatic carbocycles. The number of allylic oxidation sites excluding steroid dienone is 1. The molecule has 0 bridgehead atoms. The minimum absolute atomic E-state index is 0.510. The van der Waals surface area contributed by atoms with Gasteiger partial charge in [-0.15, -0.1) is 0 Å². The molecule has 2 rings (SSSR count). The maximum Gasteiger partial charge on any atom is 0.159 e. The van der Waals surface area contributed by atoms with Crippen molar-refractivity contribution in [3.63, 3.8) is 0 Å². The Morgan fingerprint density at radius 2 is 1.89 bits per heavy atom. The van der Waals surface area contributed by atoms with Crippen molar-refractivity contribution < 1.29 is 4.74 Å². The molecule has 2 aromatic rings. The van der Waals surface area contributed by atoms with Crippen LogP contribution in [0.1, 0.15) is 12.5 Å². The average molecular weight is 251 g/mol. The molecule has 0 saturated carbocycles. The van der Waals surface area contributed by atoms with Gasteiger partial charge in [0.25, 0.3) is 0 Å². The molecule has 1 aromatic heterocycles. The Hall–Kier alpha value is -2.67. The van der Waals surface area contributed by atoms with E-state index in [1.165, 1.54) is 0 Å². The van der Waals surface area contributed by atoms with Crippen LogP contribution in [-0.2, 0) is 0 Å². The van der Waals surface area contributed by atoms with Crippen LogP contribution in [0.4, 0.5) is 0 Å². The summed E-state index contributed by atoms with van der Waals surface area (Å²) in [5.41, 5.74) is 1.49. The van der Waals surface area contributed by atoms with Crippen molar-refractivity contribution in [1.29, 1.82) is 5.26 Å². The minimum Gasteiger partial charge on any atom is -0.486 e. The number of nitriles is 1. The summed E-state index contributed by atoms with van der Waals surface area (Å²) in [6.07, 6.45) is 7.12. The Morgan fingerprint density at radius 1 is 1.21 bits per heavy atom. The molecule has 4 heteroatoms. The van der Waals surface area contributed by atoms with Crippen LogP contribution in [-0.4, -0.2) is 16.6 Å². The third-order valence-corrected chi connectivity index (χ3v) is 2.48. The van der Waals surface area contributed by atoms with E-state index in [0.717, 1.165) is 5.56 Å². The molecule has 1 heterocycles. The molecule has 0 saturated heterocycles. The van der Waals surface area contributed by atoms with E-state index >= 15 is 0 Å². The zero-order chi connectivity index (χ0) is 13.5. The number of benzene rings is 1. The lowest BCUT2D eigenvalue weighted by atomic mass is 10.1. The molecule has 0 aliphatic rings. The van der Waals surface area contributed by atoms with Gasteiger partial charge < -0.3 is 4.74 Å². The predicted octanol–water partition coefficient (Wildman–Crippen LogP) is 2.97. The monoisotopic (exact) mass is 251 g/mol. The van der Waals surface area contributed by atoms with Crippen LogP contribution in [0.25, 0.3) is 11.4 Å². The van der Waals surface area contributed by atoms with Gasteiger partial charge in [-0.1, -0.05) is 12.2 Å². The van der Waals surface area contributed by atoms with E-state index in [4.69, 9.17) is 10.00 Å². The summed E-state index contributed by atoms with van der Waals surface area (Å²) in [6.45, 7) is 2.45. The molecular formula is C15H13N3O. The Morgan fingerprint density at radius 3 is 2.47 bits per heavy atom. The molecule has 0 unspecified atom stereocenters. The minimum atomic E-state index is 0.510. The number of hydrogen-bond acceptors (Lipinski definition) is 4. The normalized spacial score (nSPS) is 10.3. The van der Waals surface area contributed by atoms with E-state index in [9.17, 15) is 0 Å². The molecule has 0 amide bonds. The van der Waals surface area contributed by atoms with Gasteiger partial charge in [0.1, 0.15) is 6.61 Å². The molecular weight excluding hydrogens is 238 g/mol. The number of aromatic nitrogens is 2. The van der Waals surface area contributed by atoms with Crippen molar-refractivity contribution in [1.82, 2.24) is 9.97 Å². The SMILES string of the molecule is C/C=C/COc1cnc(-c2ccc(C#N)cc2)nc1. The van der Waals surface area contributed by atoms with Crippen LogP contribution in [0.5, 0.6) is 5.75 Å². The first kappa shape index (κ1) is 12.8. The van der Waals surface area contributed by atoms with E-state index in [-0.39, 0.29) is 0 Å². The van der Waals surface area contributed by atoms with Gasteiger partial charge >= 0.3 is 0 Å². The lowest BCUT2D eigenvalue weighted by Crippen LogP contribution is -1.96. The van der Waals surface area contributed by atoms with Crippen molar-refractivity contribution in [3.8, 4) is 23.2 Å². The van der Waals surface area contributed by atoms with E-state index in [1.807, 2.05) is 31.2 Å². The lowest BCUT2D eigenvalue weighted by Gasteiger charge is -2.03. The molecule has 0 aliphatic heterocycles. The molecule has 94 valence electrons. The molecule has 19 heavy (non-hydrogen) atoms. The van der Waals surface area contributed by atoms with Crippen LogP contribution < -0.4 is 4.74 Å². The Bertz CT molecular complexity index is 595. The smallest absolute Gasteiger partial charge is 0.159 e. The summed E-state index contributed by atoms with van der Waals surface area (Å²) >= 11 is 0. The quantitative estimate of drug-likeness (QED) is 0.784. The topological polar surface area (TPSA) is 58.8 Å². The van der Waals surface area contributed by atoms with Crippen molar-refractivity contribution in [2.45, 2.75) is 6.92 Å². The summed E-state index contributed by atoms with van der Waals surface area (Å²) in [7, 11) is 0. The van der Waals surface area contributed by atoms with Gasteiger partial charge in [-0.05, 0) is 31.2 Å². The summed E-state index contributed by atoms with van der Waals surface area (Å²) in [5, 5.41) is 8.73. The van der Waals surface area contributed by atoms with Crippen LogP contribution >= 0.6 is 0 Å². The predicted molar refractivity (Wildman–Crippen MR) is 72.5 cm³/mol. The second-order valence-corrected chi connectivity index (χ2v) is 3.81. The van der Waals surface area contributed by atoms with E-state index < -0.39 is 0 Å². The summed E-state index contributed by atoms with van der Waals surface area (Å²) < 4.78 is 5.42. The Balaban J connectivity index is 2.11. The highest BCUT2D eigenvalue weighted by Gasteiger charge is 2.02. The van der Waals surface area contributed by atoms with E-state index in [2.05, 4.69) is 16.0 Å². The Kier molecular flexibility index (Phi) is 4.25. The maximum absolute atomic E-state index is 8.73. The fraction of sp³-hybridized carbons (Fsp3) is 0.133. The Labute approximate surface area is 112 Å². The van der Waals surface area contributed by atoms with Crippen molar-refractivity contribution >= 4 is 0 Å². The molecule has 0 spiro atoms. The highest BCUT2D eigenvalue weighted by atomic mass is 16.5. The van der Waals surface area contributed by atoms with Crippen molar-refractivity contribution in [2.75, 3.05) is 6.61 Å². The van der Waals surface area contributed by atoms with Crippen LogP contribution in [0.15, 0.2) is 48.8 Å². The zero-order valence-corrected chi connectivity index (χ0v) is 10.6. The fourth-order valence-electron chi connectivity index (χ4n) is 1.47. The maximum atomic E-state index is 8.73. The van der Waals surface area contributed by atoms with E-state index in [0.29, 0.717) is 23.7 Å². The molecule has 0 N–H and O–H groups in total.